The lowest BCUT2D eigenvalue weighted by Gasteiger charge is -2.37. The van der Waals surface area contributed by atoms with Crippen LogP contribution in [0.3, 0.4) is 0 Å². The standard InChI is InChI=1S/C26H34ClN3O2/c27-24-9-4-8-23(20-24)26(10-18-32-19-11-26)25(31)28-12-5-13-29-14-16-30(17-15-29)21-22-6-2-1-3-7-22/h1-4,6-9,20H,5,10-19,21H2,(H,28,31). The normalized spacial score (nSPS) is 19.5. The smallest absolute Gasteiger partial charge is 0.230 e. The molecule has 0 radical (unpaired) electrons. The number of ether oxygens (including phenoxy) is 1. The van der Waals surface area contributed by atoms with Crippen molar-refractivity contribution >= 4 is 17.5 Å². The molecule has 0 aliphatic carbocycles. The van der Waals surface area contributed by atoms with E-state index >= 15 is 0 Å². The van der Waals surface area contributed by atoms with Gasteiger partial charge in [-0.05, 0) is 49.1 Å². The lowest BCUT2D eigenvalue weighted by atomic mass is 9.73. The Morgan fingerprint density at radius 3 is 2.41 bits per heavy atom. The van der Waals surface area contributed by atoms with Crippen LogP contribution in [-0.4, -0.2) is 68.2 Å². The Labute approximate surface area is 196 Å². The summed E-state index contributed by atoms with van der Waals surface area (Å²) in [6, 6.07) is 18.4. The fourth-order valence-corrected chi connectivity index (χ4v) is 5.03. The van der Waals surface area contributed by atoms with E-state index in [1.807, 2.05) is 24.3 Å². The van der Waals surface area contributed by atoms with Gasteiger partial charge in [0.1, 0.15) is 0 Å². The molecule has 5 nitrogen and oxygen atoms in total. The number of rotatable bonds is 8. The lowest BCUT2D eigenvalue weighted by Crippen LogP contribution is -2.49. The number of hydrogen-bond acceptors (Lipinski definition) is 4. The highest BCUT2D eigenvalue weighted by molar-refractivity contribution is 6.30. The molecule has 0 unspecified atom stereocenters. The van der Waals surface area contributed by atoms with E-state index in [0.29, 0.717) is 37.6 Å². The van der Waals surface area contributed by atoms with Gasteiger partial charge in [0.15, 0.2) is 0 Å². The maximum atomic E-state index is 13.3. The van der Waals surface area contributed by atoms with E-state index in [-0.39, 0.29) is 5.91 Å². The van der Waals surface area contributed by atoms with Crippen LogP contribution in [-0.2, 0) is 21.5 Å². The van der Waals surface area contributed by atoms with Crippen molar-refractivity contribution in [3.05, 3.63) is 70.7 Å². The van der Waals surface area contributed by atoms with Gasteiger partial charge in [0.2, 0.25) is 5.91 Å². The molecule has 1 N–H and O–H groups in total. The lowest BCUT2D eigenvalue weighted by molar-refractivity contribution is -0.130. The average Bonchev–Trinajstić information content (AvgIpc) is 2.84. The molecule has 2 aromatic rings. The largest absolute Gasteiger partial charge is 0.381 e. The first-order valence-electron chi connectivity index (χ1n) is 11.8. The number of carbonyl (C=O) groups excluding carboxylic acids is 1. The predicted octanol–water partition coefficient (Wildman–Crippen LogP) is 3.71. The van der Waals surface area contributed by atoms with E-state index < -0.39 is 5.41 Å². The first kappa shape index (κ1) is 23.2. The number of hydrogen-bond donors (Lipinski definition) is 1. The third-order valence-corrected chi connectivity index (χ3v) is 7.04. The van der Waals surface area contributed by atoms with Crippen LogP contribution < -0.4 is 5.32 Å². The third kappa shape index (κ3) is 5.90. The molecule has 0 atom stereocenters. The van der Waals surface area contributed by atoms with Gasteiger partial charge in [-0.1, -0.05) is 54.1 Å². The minimum Gasteiger partial charge on any atom is -0.381 e. The zero-order chi connectivity index (χ0) is 22.2. The van der Waals surface area contributed by atoms with Gasteiger partial charge >= 0.3 is 0 Å². The molecule has 6 heteroatoms. The van der Waals surface area contributed by atoms with Crippen LogP contribution in [0.15, 0.2) is 54.6 Å². The summed E-state index contributed by atoms with van der Waals surface area (Å²) in [5.41, 5.74) is 1.84. The second-order valence-corrected chi connectivity index (χ2v) is 9.35. The van der Waals surface area contributed by atoms with Crippen LogP contribution in [0, 0.1) is 0 Å². The number of amides is 1. The van der Waals surface area contributed by atoms with Gasteiger partial charge in [-0.25, -0.2) is 0 Å². The van der Waals surface area contributed by atoms with Crippen LogP contribution in [0.1, 0.15) is 30.4 Å². The molecule has 2 heterocycles. The van der Waals surface area contributed by atoms with Crippen molar-refractivity contribution in [3.63, 3.8) is 0 Å². The molecule has 32 heavy (non-hydrogen) atoms. The fraction of sp³-hybridized carbons (Fsp3) is 0.500. The Kier molecular flexibility index (Phi) is 8.20. The summed E-state index contributed by atoms with van der Waals surface area (Å²) in [4.78, 5) is 18.3. The number of piperazine rings is 1. The van der Waals surface area contributed by atoms with Crippen molar-refractivity contribution in [3.8, 4) is 0 Å². The maximum Gasteiger partial charge on any atom is 0.230 e. The Morgan fingerprint density at radius 2 is 1.69 bits per heavy atom. The van der Waals surface area contributed by atoms with Crippen molar-refractivity contribution in [1.82, 2.24) is 15.1 Å². The van der Waals surface area contributed by atoms with Crippen molar-refractivity contribution in [1.29, 1.82) is 0 Å². The fourth-order valence-electron chi connectivity index (χ4n) is 4.84. The number of nitrogens with one attached hydrogen (secondary N) is 1. The number of halogens is 1. The Hall–Kier alpha value is -1.92. The third-order valence-electron chi connectivity index (χ3n) is 6.81. The van der Waals surface area contributed by atoms with Gasteiger partial charge < -0.3 is 15.0 Å². The topological polar surface area (TPSA) is 44.8 Å². The molecule has 2 aromatic carbocycles. The van der Waals surface area contributed by atoms with E-state index in [1.54, 1.807) is 0 Å². The maximum absolute atomic E-state index is 13.3. The van der Waals surface area contributed by atoms with Gasteiger partial charge in [-0.3, -0.25) is 9.69 Å². The average molecular weight is 456 g/mol. The monoisotopic (exact) mass is 455 g/mol. The van der Waals surface area contributed by atoms with Gasteiger partial charge in [0, 0.05) is 57.5 Å². The molecule has 2 saturated heterocycles. The molecular formula is C26H34ClN3O2. The number of nitrogens with zero attached hydrogens (tertiary/aromatic N) is 2. The van der Waals surface area contributed by atoms with Crippen LogP contribution in [0.2, 0.25) is 5.02 Å². The summed E-state index contributed by atoms with van der Waals surface area (Å²) in [7, 11) is 0. The second-order valence-electron chi connectivity index (χ2n) is 8.92. The van der Waals surface area contributed by atoms with Gasteiger partial charge in [-0.15, -0.1) is 0 Å². The number of benzene rings is 2. The molecule has 1 amide bonds. The molecular weight excluding hydrogens is 422 g/mol. The minimum atomic E-state index is -0.536. The second kappa shape index (κ2) is 11.3. The van der Waals surface area contributed by atoms with E-state index in [1.165, 1.54) is 5.56 Å². The molecule has 2 fully saturated rings. The molecule has 172 valence electrons. The molecule has 0 bridgehead atoms. The Balaban J connectivity index is 1.21. The first-order valence-corrected chi connectivity index (χ1v) is 12.1. The van der Waals surface area contributed by atoms with Crippen LogP contribution in [0.5, 0.6) is 0 Å². The highest BCUT2D eigenvalue weighted by atomic mass is 35.5. The first-order chi connectivity index (χ1) is 15.7. The molecule has 2 aliphatic heterocycles. The molecule has 2 aliphatic rings. The van der Waals surface area contributed by atoms with Crippen molar-refractivity contribution in [2.75, 3.05) is 52.5 Å². The summed E-state index contributed by atoms with van der Waals surface area (Å²) >= 11 is 6.23. The van der Waals surface area contributed by atoms with Gasteiger partial charge in [-0.2, -0.15) is 0 Å². The van der Waals surface area contributed by atoms with E-state index in [2.05, 4.69) is 45.4 Å². The summed E-state index contributed by atoms with van der Waals surface area (Å²) in [5.74, 6) is 0.107. The highest BCUT2D eigenvalue weighted by Crippen LogP contribution is 2.36. The van der Waals surface area contributed by atoms with Crippen LogP contribution in [0.4, 0.5) is 0 Å². The predicted molar refractivity (Wildman–Crippen MR) is 129 cm³/mol. The summed E-state index contributed by atoms with van der Waals surface area (Å²) in [6.07, 6.45) is 2.36. The molecule has 4 rings (SSSR count). The molecule has 0 saturated carbocycles. The highest BCUT2D eigenvalue weighted by Gasteiger charge is 2.41. The zero-order valence-electron chi connectivity index (χ0n) is 18.8. The van der Waals surface area contributed by atoms with Crippen LogP contribution in [0.25, 0.3) is 0 Å². The van der Waals surface area contributed by atoms with Gasteiger partial charge in [0.25, 0.3) is 0 Å². The van der Waals surface area contributed by atoms with E-state index in [0.717, 1.165) is 51.3 Å². The van der Waals surface area contributed by atoms with Gasteiger partial charge in [0.05, 0.1) is 5.41 Å². The van der Waals surface area contributed by atoms with Crippen molar-refractivity contribution in [2.45, 2.75) is 31.2 Å². The minimum absolute atomic E-state index is 0.107. The molecule has 0 spiro atoms. The summed E-state index contributed by atoms with van der Waals surface area (Å²) in [5, 5.41) is 3.89. The van der Waals surface area contributed by atoms with Crippen molar-refractivity contribution < 1.29 is 9.53 Å². The Morgan fingerprint density at radius 1 is 0.969 bits per heavy atom. The van der Waals surface area contributed by atoms with E-state index in [9.17, 15) is 4.79 Å². The quantitative estimate of drug-likeness (QED) is 0.616. The van der Waals surface area contributed by atoms with Crippen LogP contribution >= 0.6 is 11.6 Å². The SMILES string of the molecule is O=C(NCCCN1CCN(Cc2ccccc2)CC1)C1(c2cccc(Cl)c2)CCOCC1. The number of carbonyl (C=O) groups is 1. The molecule has 0 aromatic heterocycles. The summed E-state index contributed by atoms with van der Waals surface area (Å²) in [6.45, 7) is 8.33. The summed E-state index contributed by atoms with van der Waals surface area (Å²) < 4.78 is 5.55. The van der Waals surface area contributed by atoms with E-state index in [4.69, 9.17) is 16.3 Å². The zero-order valence-corrected chi connectivity index (χ0v) is 19.5. The van der Waals surface area contributed by atoms with Crippen molar-refractivity contribution in [2.24, 2.45) is 0 Å². The Bertz CT molecular complexity index is 862.